The van der Waals surface area contributed by atoms with Gasteiger partial charge in [-0.2, -0.15) is 0 Å². The van der Waals surface area contributed by atoms with E-state index in [-0.39, 0.29) is 11.8 Å². The number of rotatable bonds is 7. The summed E-state index contributed by atoms with van der Waals surface area (Å²) < 4.78 is 0. The highest BCUT2D eigenvalue weighted by Crippen LogP contribution is 2.19. The van der Waals surface area contributed by atoms with Crippen LogP contribution in [-0.2, 0) is 11.2 Å². The molecule has 4 aromatic rings. The summed E-state index contributed by atoms with van der Waals surface area (Å²) >= 11 is 0. The normalized spacial score (nSPS) is 11.5. The molecule has 2 N–H and O–H groups in total. The van der Waals surface area contributed by atoms with E-state index in [1.165, 1.54) is 0 Å². The number of carbonyl (C=O) groups is 3. The molecule has 2 amide bonds. The molecule has 4 rings (SSSR count). The summed E-state index contributed by atoms with van der Waals surface area (Å²) in [7, 11) is 0. The second-order valence-electron chi connectivity index (χ2n) is 7.95. The monoisotopic (exact) mass is 436 g/mol. The number of hydrogen-bond donors (Lipinski definition) is 2. The van der Waals surface area contributed by atoms with Gasteiger partial charge < -0.3 is 15.4 Å². The fourth-order valence-corrected chi connectivity index (χ4v) is 3.73. The van der Waals surface area contributed by atoms with Crippen LogP contribution in [0.5, 0.6) is 0 Å². The maximum Gasteiger partial charge on any atom is 0.255 e. The third-order valence-electron chi connectivity index (χ3n) is 5.53. The van der Waals surface area contributed by atoms with Gasteiger partial charge in [-0.3, -0.25) is 9.59 Å². The number of hydrogen-bond acceptors (Lipinski definition) is 3. The molecule has 0 spiro atoms. The molecule has 5 heteroatoms. The van der Waals surface area contributed by atoms with Crippen LogP contribution >= 0.6 is 0 Å². The molecule has 0 bridgehead atoms. The molecule has 0 aliphatic carbocycles. The van der Waals surface area contributed by atoms with E-state index in [0.717, 1.165) is 28.2 Å². The van der Waals surface area contributed by atoms with E-state index >= 15 is 0 Å². The molecule has 0 radical (unpaired) electrons. The summed E-state index contributed by atoms with van der Waals surface area (Å²) in [5.74, 6) is -0.617. The maximum absolute atomic E-state index is 12.9. The first kappa shape index (κ1) is 22.0. The van der Waals surface area contributed by atoms with Crippen LogP contribution in [0.3, 0.4) is 0 Å². The van der Waals surface area contributed by atoms with Gasteiger partial charge in [0.05, 0.1) is 6.04 Å². The van der Waals surface area contributed by atoms with Gasteiger partial charge in [-0.15, -0.1) is 0 Å². The number of nitrogens with one attached hydrogen (secondary N) is 2. The number of aldehydes is 1. The number of aryl methyl sites for hydroxylation is 1. The average Bonchev–Trinajstić information content (AvgIpc) is 2.85. The molecule has 0 saturated heterocycles. The molecule has 4 aromatic carbocycles. The molecule has 0 aliphatic rings. The highest BCUT2D eigenvalue weighted by Gasteiger charge is 2.17. The summed E-state index contributed by atoms with van der Waals surface area (Å²) in [6.07, 6.45) is 1.15. The van der Waals surface area contributed by atoms with E-state index in [2.05, 4.69) is 10.6 Å². The van der Waals surface area contributed by atoms with Gasteiger partial charge in [0.15, 0.2) is 0 Å². The SMILES string of the molecule is Cc1ccc(NC(=O)c2ccc3ccccc3c2)cc1C(=O)N[C@H](C=O)Cc1ccccc1. The lowest BCUT2D eigenvalue weighted by atomic mass is 10.0. The van der Waals surface area contributed by atoms with E-state index < -0.39 is 6.04 Å². The molecule has 0 unspecified atom stereocenters. The third-order valence-corrected chi connectivity index (χ3v) is 5.53. The van der Waals surface area contributed by atoms with Crippen molar-refractivity contribution in [3.63, 3.8) is 0 Å². The highest BCUT2D eigenvalue weighted by molar-refractivity contribution is 6.07. The third kappa shape index (κ3) is 5.33. The Balaban J connectivity index is 1.48. The zero-order valence-corrected chi connectivity index (χ0v) is 18.2. The Morgan fingerprint density at radius 1 is 0.818 bits per heavy atom. The van der Waals surface area contributed by atoms with Gasteiger partial charge in [-0.25, -0.2) is 0 Å². The predicted octanol–water partition coefficient (Wildman–Crippen LogP) is 4.94. The van der Waals surface area contributed by atoms with Crippen molar-refractivity contribution in [3.8, 4) is 0 Å². The minimum absolute atomic E-state index is 0.259. The Morgan fingerprint density at radius 2 is 1.55 bits per heavy atom. The Hall–Kier alpha value is -4.25. The van der Waals surface area contributed by atoms with Gasteiger partial charge in [-0.1, -0.05) is 66.7 Å². The van der Waals surface area contributed by atoms with E-state index in [0.29, 0.717) is 23.2 Å². The van der Waals surface area contributed by atoms with Crippen LogP contribution in [0.15, 0.2) is 91.0 Å². The molecular weight excluding hydrogens is 412 g/mol. The first-order valence-corrected chi connectivity index (χ1v) is 10.7. The Kier molecular flexibility index (Phi) is 6.60. The smallest absolute Gasteiger partial charge is 0.255 e. The molecule has 1 atom stereocenters. The number of carbonyl (C=O) groups excluding carboxylic acids is 3. The number of anilines is 1. The lowest BCUT2D eigenvalue weighted by molar-refractivity contribution is -0.109. The topological polar surface area (TPSA) is 75.3 Å². The Bertz CT molecular complexity index is 1320. The molecule has 0 heterocycles. The molecule has 5 nitrogen and oxygen atoms in total. The van der Waals surface area contributed by atoms with E-state index in [1.807, 2.05) is 73.7 Å². The summed E-state index contributed by atoms with van der Waals surface area (Å²) in [6, 6.07) is 27.4. The summed E-state index contributed by atoms with van der Waals surface area (Å²) in [5, 5.41) is 7.69. The van der Waals surface area contributed by atoms with Crippen LogP contribution in [0.4, 0.5) is 5.69 Å². The van der Waals surface area contributed by atoms with Crippen molar-refractivity contribution in [2.45, 2.75) is 19.4 Å². The van der Waals surface area contributed by atoms with Crippen LogP contribution in [0, 0.1) is 6.92 Å². The van der Waals surface area contributed by atoms with Crippen LogP contribution in [-0.4, -0.2) is 24.1 Å². The van der Waals surface area contributed by atoms with Crippen LogP contribution in [0.25, 0.3) is 10.8 Å². The molecule has 0 aliphatic heterocycles. The summed E-state index contributed by atoms with van der Waals surface area (Å²) in [6.45, 7) is 1.82. The van der Waals surface area contributed by atoms with Crippen LogP contribution in [0.2, 0.25) is 0 Å². The first-order chi connectivity index (χ1) is 16.0. The van der Waals surface area contributed by atoms with Crippen molar-refractivity contribution in [2.75, 3.05) is 5.32 Å². The highest BCUT2D eigenvalue weighted by atomic mass is 16.2. The van der Waals surface area contributed by atoms with Gasteiger partial charge in [0, 0.05) is 16.8 Å². The lowest BCUT2D eigenvalue weighted by Gasteiger charge is -2.15. The fraction of sp³-hybridized carbons (Fsp3) is 0.107. The van der Waals surface area contributed by atoms with Crippen molar-refractivity contribution in [2.24, 2.45) is 0 Å². The maximum atomic E-state index is 12.9. The molecular formula is C28H24N2O3. The zero-order valence-electron chi connectivity index (χ0n) is 18.2. The second-order valence-corrected chi connectivity index (χ2v) is 7.95. The fourth-order valence-electron chi connectivity index (χ4n) is 3.73. The van der Waals surface area contributed by atoms with Gasteiger partial charge in [0.1, 0.15) is 6.29 Å². The second kappa shape index (κ2) is 9.92. The largest absolute Gasteiger partial charge is 0.342 e. The first-order valence-electron chi connectivity index (χ1n) is 10.7. The van der Waals surface area contributed by atoms with E-state index in [4.69, 9.17) is 0 Å². The average molecular weight is 437 g/mol. The predicted molar refractivity (Wildman–Crippen MR) is 131 cm³/mol. The lowest BCUT2D eigenvalue weighted by Crippen LogP contribution is -2.38. The van der Waals surface area contributed by atoms with Gasteiger partial charge in [0.2, 0.25) is 0 Å². The van der Waals surface area contributed by atoms with Crippen molar-refractivity contribution < 1.29 is 14.4 Å². The minimum atomic E-state index is -0.643. The molecule has 33 heavy (non-hydrogen) atoms. The van der Waals surface area contributed by atoms with Crippen LogP contribution < -0.4 is 10.6 Å². The van der Waals surface area contributed by atoms with E-state index in [1.54, 1.807) is 24.3 Å². The molecule has 0 fully saturated rings. The summed E-state index contributed by atoms with van der Waals surface area (Å²) in [5.41, 5.74) is 3.16. The van der Waals surface area contributed by atoms with Crippen molar-refractivity contribution in [1.82, 2.24) is 5.32 Å². The van der Waals surface area contributed by atoms with Gasteiger partial charge in [-0.05, 0) is 59.5 Å². The Labute approximate surface area is 192 Å². The molecule has 164 valence electrons. The Morgan fingerprint density at radius 3 is 2.30 bits per heavy atom. The summed E-state index contributed by atoms with van der Waals surface area (Å²) in [4.78, 5) is 37.2. The number of benzene rings is 4. The van der Waals surface area contributed by atoms with E-state index in [9.17, 15) is 14.4 Å². The number of amides is 2. The molecule has 0 aromatic heterocycles. The van der Waals surface area contributed by atoms with Crippen LogP contribution in [0.1, 0.15) is 31.8 Å². The standard InChI is InChI=1S/C28H24N2O3/c1-19-11-14-24(29-27(32)23-13-12-21-9-5-6-10-22(21)16-23)17-26(19)28(33)30-25(18-31)15-20-7-3-2-4-8-20/h2-14,16-18,25H,15H2,1H3,(H,29,32)(H,30,33)/t25-/m0/s1. The van der Waals surface area contributed by atoms with Gasteiger partial charge >= 0.3 is 0 Å². The quantitative estimate of drug-likeness (QED) is 0.403. The van der Waals surface area contributed by atoms with Gasteiger partial charge in [0.25, 0.3) is 11.8 Å². The van der Waals surface area contributed by atoms with Crippen molar-refractivity contribution in [3.05, 3.63) is 113 Å². The zero-order chi connectivity index (χ0) is 23.2. The van der Waals surface area contributed by atoms with Crippen molar-refractivity contribution in [1.29, 1.82) is 0 Å². The molecule has 0 saturated carbocycles. The van der Waals surface area contributed by atoms with Crippen molar-refractivity contribution >= 4 is 34.6 Å². The minimum Gasteiger partial charge on any atom is -0.342 e. The number of fused-ring (bicyclic) bond motifs is 1.